The lowest BCUT2D eigenvalue weighted by Gasteiger charge is -2.08. The van der Waals surface area contributed by atoms with Gasteiger partial charge in [-0.1, -0.05) is 11.3 Å². The predicted molar refractivity (Wildman–Crippen MR) is 99.3 cm³/mol. The summed E-state index contributed by atoms with van der Waals surface area (Å²) in [5.41, 5.74) is 2.04. The highest BCUT2D eigenvalue weighted by molar-refractivity contribution is 7.17. The fourth-order valence-electron chi connectivity index (χ4n) is 2.53. The van der Waals surface area contributed by atoms with E-state index in [2.05, 4.69) is 15.3 Å². The molecule has 0 saturated heterocycles. The van der Waals surface area contributed by atoms with Crippen molar-refractivity contribution in [2.75, 3.05) is 19.4 Å². The minimum atomic E-state index is -0.443. The topological polar surface area (TPSA) is 75.2 Å². The molecule has 1 aromatic carbocycles. The molecule has 8 heteroatoms. The normalized spacial score (nSPS) is 10.8. The van der Waals surface area contributed by atoms with Crippen LogP contribution < -0.4 is 5.32 Å². The number of amides is 2. The van der Waals surface area contributed by atoms with Crippen LogP contribution in [0.5, 0.6) is 0 Å². The van der Waals surface area contributed by atoms with E-state index in [1.165, 1.54) is 23.1 Å². The Morgan fingerprint density at radius 3 is 2.58 bits per heavy atom. The molecule has 0 aliphatic rings. The summed E-state index contributed by atoms with van der Waals surface area (Å²) in [6, 6.07) is 5.73. The third-order valence-electron chi connectivity index (χ3n) is 3.76. The maximum absolute atomic E-state index is 13.6. The number of fused-ring (bicyclic) bond motifs is 1. The fraction of sp³-hybridized carbons (Fsp3) is 0.222. The number of nitrogens with one attached hydrogen (secondary N) is 1. The maximum atomic E-state index is 13.6. The van der Waals surface area contributed by atoms with Gasteiger partial charge in [-0.05, 0) is 38.1 Å². The zero-order chi connectivity index (χ0) is 19.0. The number of aryl methyl sites for hydroxylation is 2. The molecule has 2 heterocycles. The van der Waals surface area contributed by atoms with Gasteiger partial charge in [0.1, 0.15) is 10.7 Å². The maximum Gasteiger partial charge on any atom is 0.265 e. The van der Waals surface area contributed by atoms with Crippen molar-refractivity contribution in [2.45, 2.75) is 13.8 Å². The van der Waals surface area contributed by atoms with Crippen LogP contribution in [-0.2, 0) is 0 Å². The molecule has 26 heavy (non-hydrogen) atoms. The monoisotopic (exact) mass is 372 g/mol. The second kappa shape index (κ2) is 6.80. The van der Waals surface area contributed by atoms with Gasteiger partial charge in [-0.3, -0.25) is 19.9 Å². The van der Waals surface area contributed by atoms with E-state index >= 15 is 0 Å². The molecular formula is C18H17FN4O2S. The first-order valence-corrected chi connectivity index (χ1v) is 8.65. The number of halogens is 1. The largest absolute Gasteiger partial charge is 0.344 e. The van der Waals surface area contributed by atoms with Gasteiger partial charge in [0.15, 0.2) is 5.13 Å². The highest BCUT2D eigenvalue weighted by Gasteiger charge is 2.19. The van der Waals surface area contributed by atoms with Crippen LogP contribution in [-0.4, -0.2) is 40.8 Å². The molecule has 0 saturated carbocycles. The van der Waals surface area contributed by atoms with Crippen LogP contribution >= 0.6 is 11.3 Å². The molecule has 3 aromatic rings. The molecule has 0 fully saturated rings. The van der Waals surface area contributed by atoms with Crippen LogP contribution in [0, 0.1) is 19.7 Å². The number of anilines is 1. The lowest BCUT2D eigenvalue weighted by atomic mass is 10.1. The molecule has 3 rings (SSSR count). The predicted octanol–water partition coefficient (Wildman–Crippen LogP) is 3.40. The molecule has 0 bridgehead atoms. The van der Waals surface area contributed by atoms with Gasteiger partial charge in [0.05, 0.1) is 16.8 Å². The van der Waals surface area contributed by atoms with E-state index in [1.54, 1.807) is 34.0 Å². The van der Waals surface area contributed by atoms with Crippen molar-refractivity contribution in [3.05, 3.63) is 51.9 Å². The molecule has 0 unspecified atom stereocenters. The van der Waals surface area contributed by atoms with Crippen LogP contribution in [0.4, 0.5) is 9.52 Å². The average molecular weight is 372 g/mol. The lowest BCUT2D eigenvalue weighted by Crippen LogP contribution is -2.21. The molecule has 2 amide bonds. The first-order chi connectivity index (χ1) is 12.3. The number of aromatic nitrogens is 2. The van der Waals surface area contributed by atoms with E-state index in [4.69, 9.17) is 0 Å². The number of hydrogen-bond donors (Lipinski definition) is 1. The Balaban J connectivity index is 1.97. The Labute approximate surface area is 153 Å². The van der Waals surface area contributed by atoms with Crippen LogP contribution in [0.15, 0.2) is 24.3 Å². The van der Waals surface area contributed by atoms with Crippen molar-refractivity contribution >= 4 is 39.2 Å². The number of carbonyl (C=O) groups is 2. The third-order valence-corrected chi connectivity index (χ3v) is 4.82. The van der Waals surface area contributed by atoms with Crippen molar-refractivity contribution in [1.82, 2.24) is 14.9 Å². The molecule has 0 radical (unpaired) electrons. The summed E-state index contributed by atoms with van der Waals surface area (Å²) in [5.74, 6) is -1.04. The Hall–Kier alpha value is -2.87. The summed E-state index contributed by atoms with van der Waals surface area (Å²) in [6.07, 6.45) is 0. The van der Waals surface area contributed by atoms with Crippen LogP contribution in [0.3, 0.4) is 0 Å². The number of hydrogen-bond acceptors (Lipinski definition) is 5. The quantitative estimate of drug-likeness (QED) is 0.765. The second-order valence-electron chi connectivity index (χ2n) is 6.06. The number of thiazole rings is 1. The number of pyridine rings is 1. The van der Waals surface area contributed by atoms with Crippen molar-refractivity contribution in [1.29, 1.82) is 0 Å². The second-order valence-corrected chi connectivity index (χ2v) is 7.06. The highest BCUT2D eigenvalue weighted by Crippen LogP contribution is 2.26. The van der Waals surface area contributed by atoms with E-state index in [9.17, 15) is 14.0 Å². The zero-order valence-corrected chi connectivity index (χ0v) is 15.6. The molecule has 0 aliphatic heterocycles. The van der Waals surface area contributed by atoms with E-state index in [-0.39, 0.29) is 5.91 Å². The first kappa shape index (κ1) is 17.9. The summed E-state index contributed by atoms with van der Waals surface area (Å²) in [4.78, 5) is 35.3. The average Bonchev–Trinajstić information content (AvgIpc) is 2.93. The summed E-state index contributed by atoms with van der Waals surface area (Å²) in [7, 11) is 3.31. The van der Waals surface area contributed by atoms with Gasteiger partial charge in [-0.25, -0.2) is 9.37 Å². The fourth-order valence-corrected chi connectivity index (χ4v) is 3.52. The minimum Gasteiger partial charge on any atom is -0.344 e. The minimum absolute atomic E-state index is 0.173. The number of carbonyl (C=O) groups excluding carboxylic acids is 2. The number of nitrogens with zero attached hydrogens (tertiary/aromatic N) is 3. The molecule has 6 nitrogen and oxygen atoms in total. The smallest absolute Gasteiger partial charge is 0.265 e. The van der Waals surface area contributed by atoms with Gasteiger partial charge in [0.25, 0.3) is 11.8 Å². The molecular weight excluding hydrogens is 355 g/mol. The molecule has 1 N–H and O–H groups in total. The molecule has 2 aromatic heterocycles. The molecule has 0 aliphatic carbocycles. The third kappa shape index (κ3) is 3.41. The molecule has 134 valence electrons. The van der Waals surface area contributed by atoms with E-state index < -0.39 is 11.7 Å². The van der Waals surface area contributed by atoms with Crippen LogP contribution in [0.1, 0.15) is 31.4 Å². The number of benzene rings is 1. The summed E-state index contributed by atoms with van der Waals surface area (Å²) in [5, 5.41) is 3.44. The number of rotatable bonds is 3. The standard InChI is InChI=1S/C18H17FN4O2S/c1-9-7-13(12-8-11(19)5-6-14(12)20-9)16(24)22-18-21-10(2)15(26-18)17(25)23(3)4/h5-8H,1-4H3,(H,21,22,24). The van der Waals surface area contributed by atoms with Gasteiger partial charge < -0.3 is 4.90 Å². The summed E-state index contributed by atoms with van der Waals surface area (Å²) < 4.78 is 13.6. The summed E-state index contributed by atoms with van der Waals surface area (Å²) >= 11 is 1.11. The van der Waals surface area contributed by atoms with Crippen LogP contribution in [0.2, 0.25) is 0 Å². The molecule has 0 spiro atoms. The van der Waals surface area contributed by atoms with E-state index in [0.717, 1.165) is 11.3 Å². The summed E-state index contributed by atoms with van der Waals surface area (Å²) in [6.45, 7) is 3.48. The van der Waals surface area contributed by atoms with Gasteiger partial charge in [0, 0.05) is 25.2 Å². The van der Waals surface area contributed by atoms with Gasteiger partial charge >= 0.3 is 0 Å². The Kier molecular flexibility index (Phi) is 4.69. The lowest BCUT2D eigenvalue weighted by molar-refractivity contribution is 0.0831. The molecule has 0 atom stereocenters. The van der Waals surface area contributed by atoms with Gasteiger partial charge in [-0.2, -0.15) is 0 Å². The zero-order valence-electron chi connectivity index (χ0n) is 14.8. The highest BCUT2D eigenvalue weighted by atomic mass is 32.1. The van der Waals surface area contributed by atoms with Gasteiger partial charge in [0.2, 0.25) is 0 Å². The van der Waals surface area contributed by atoms with E-state index in [0.29, 0.717) is 37.9 Å². The van der Waals surface area contributed by atoms with Crippen molar-refractivity contribution in [3.63, 3.8) is 0 Å². The van der Waals surface area contributed by atoms with Crippen LogP contribution in [0.25, 0.3) is 10.9 Å². The SMILES string of the molecule is Cc1cc(C(=O)Nc2nc(C)c(C(=O)N(C)C)s2)c2cc(F)ccc2n1. The van der Waals surface area contributed by atoms with Crippen molar-refractivity contribution < 1.29 is 14.0 Å². The Morgan fingerprint density at radius 1 is 1.15 bits per heavy atom. The Bertz CT molecular complexity index is 1030. The van der Waals surface area contributed by atoms with Gasteiger partial charge in [-0.15, -0.1) is 0 Å². The first-order valence-electron chi connectivity index (χ1n) is 7.83. The van der Waals surface area contributed by atoms with Crippen molar-refractivity contribution in [3.8, 4) is 0 Å². The van der Waals surface area contributed by atoms with Crippen molar-refractivity contribution in [2.24, 2.45) is 0 Å². The van der Waals surface area contributed by atoms with E-state index in [1.807, 2.05) is 0 Å². The Morgan fingerprint density at radius 2 is 1.88 bits per heavy atom.